The number of aromatic amines is 2. The lowest BCUT2D eigenvalue weighted by molar-refractivity contribution is 0.489. The number of nitrogens with one attached hydrogen (secondary N) is 3. The van der Waals surface area contributed by atoms with Gasteiger partial charge in [0.05, 0.1) is 16.6 Å². The smallest absolute Gasteiger partial charge is 0.159 e. The van der Waals surface area contributed by atoms with E-state index in [1.807, 2.05) is 37.6 Å². The van der Waals surface area contributed by atoms with Crippen molar-refractivity contribution in [3.8, 4) is 33.9 Å². The normalized spacial score (nSPS) is 14.1. The largest absolute Gasteiger partial charge is 0.336 e. The Labute approximate surface area is 230 Å². The Bertz CT molecular complexity index is 1810. The van der Waals surface area contributed by atoms with Crippen LogP contribution in [0, 0.1) is 18.7 Å². The molecule has 6 aromatic rings. The Morgan fingerprint density at radius 2 is 1.82 bits per heavy atom. The Kier molecular flexibility index (Phi) is 6.28. The number of imidazole rings is 1. The molecule has 0 saturated heterocycles. The summed E-state index contributed by atoms with van der Waals surface area (Å²) in [5.41, 5.74) is 8.00. The minimum absolute atomic E-state index is 0.301. The van der Waals surface area contributed by atoms with Crippen LogP contribution < -0.4 is 5.32 Å². The molecule has 0 bridgehead atoms. The predicted molar refractivity (Wildman–Crippen MR) is 154 cm³/mol. The van der Waals surface area contributed by atoms with E-state index < -0.39 is 0 Å². The van der Waals surface area contributed by atoms with Crippen molar-refractivity contribution in [3.05, 3.63) is 78.1 Å². The number of benzene rings is 1. The SMILES string of the molecule is Cc1cc(F)cc(-c2nccc3[nH]c(-c4n[nH]c5ncc(-c6cncc(CNCC7CCCC7)c6)cc45)nc23)c1. The summed E-state index contributed by atoms with van der Waals surface area (Å²) in [5.74, 6) is 1.08. The molecule has 1 fully saturated rings. The number of rotatable bonds is 7. The zero-order valence-corrected chi connectivity index (χ0v) is 22.2. The monoisotopic (exact) mass is 532 g/mol. The molecule has 3 N–H and O–H groups in total. The number of halogens is 1. The van der Waals surface area contributed by atoms with Gasteiger partial charge in [0.25, 0.3) is 0 Å². The van der Waals surface area contributed by atoms with Gasteiger partial charge in [-0.15, -0.1) is 0 Å². The van der Waals surface area contributed by atoms with Crippen molar-refractivity contribution < 1.29 is 4.39 Å². The summed E-state index contributed by atoms with van der Waals surface area (Å²) in [7, 11) is 0. The summed E-state index contributed by atoms with van der Waals surface area (Å²) in [4.78, 5) is 21.9. The summed E-state index contributed by atoms with van der Waals surface area (Å²) < 4.78 is 14.2. The van der Waals surface area contributed by atoms with Crippen LogP contribution in [0.1, 0.15) is 36.8 Å². The van der Waals surface area contributed by atoms with Gasteiger partial charge in [-0.05, 0) is 79.8 Å². The number of hydrogen-bond donors (Lipinski definition) is 3. The highest BCUT2D eigenvalue weighted by atomic mass is 19.1. The number of hydrogen-bond acceptors (Lipinski definition) is 6. The van der Waals surface area contributed by atoms with E-state index in [-0.39, 0.29) is 5.82 Å². The standard InChI is InChI=1S/C31H29FN8/c1-18-8-21(11-24(32)9-18)27-29-26(6-7-35-27)37-31(38-29)28-25-12-23(17-36-30(25)40-39-28)22-10-20(15-34-16-22)14-33-13-19-4-2-3-5-19/h6-12,15-17,19,33H,2-5,13-14H2,1H3,(H,37,38)(H,36,39,40). The second kappa shape index (κ2) is 10.2. The highest BCUT2D eigenvalue weighted by Gasteiger charge is 2.18. The van der Waals surface area contributed by atoms with Crippen LogP contribution in [0.4, 0.5) is 4.39 Å². The van der Waals surface area contributed by atoms with Gasteiger partial charge in [-0.1, -0.05) is 12.8 Å². The Morgan fingerprint density at radius 1 is 0.950 bits per heavy atom. The number of aryl methyl sites for hydroxylation is 1. The first-order valence-corrected chi connectivity index (χ1v) is 13.7. The maximum absolute atomic E-state index is 14.2. The number of pyridine rings is 3. The average Bonchev–Trinajstić information content (AvgIpc) is 3.71. The van der Waals surface area contributed by atoms with Crippen molar-refractivity contribution in [2.24, 2.45) is 5.92 Å². The summed E-state index contributed by atoms with van der Waals surface area (Å²) in [6.45, 7) is 3.72. The van der Waals surface area contributed by atoms with Gasteiger partial charge in [0, 0.05) is 48.0 Å². The lowest BCUT2D eigenvalue weighted by Gasteiger charge is -2.11. The first-order chi connectivity index (χ1) is 19.6. The molecular formula is C31H29FN8. The van der Waals surface area contributed by atoms with Crippen molar-refractivity contribution in [3.63, 3.8) is 0 Å². The van der Waals surface area contributed by atoms with Gasteiger partial charge >= 0.3 is 0 Å². The zero-order chi connectivity index (χ0) is 27.1. The molecule has 5 aromatic heterocycles. The number of nitrogens with zero attached hydrogens (tertiary/aromatic N) is 5. The fourth-order valence-corrected chi connectivity index (χ4v) is 5.75. The quantitative estimate of drug-likeness (QED) is 0.221. The summed E-state index contributed by atoms with van der Waals surface area (Å²) in [6, 6.07) is 11.0. The van der Waals surface area contributed by atoms with Crippen molar-refractivity contribution >= 4 is 22.1 Å². The van der Waals surface area contributed by atoms with Gasteiger partial charge in [0.2, 0.25) is 0 Å². The van der Waals surface area contributed by atoms with Crippen LogP contribution in [0.2, 0.25) is 0 Å². The second-order valence-electron chi connectivity index (χ2n) is 10.7. The summed E-state index contributed by atoms with van der Waals surface area (Å²) in [5, 5.41) is 12.0. The molecule has 1 aromatic carbocycles. The average molecular weight is 533 g/mol. The molecule has 0 spiro atoms. The van der Waals surface area contributed by atoms with Crippen molar-refractivity contribution in [2.75, 3.05) is 6.54 Å². The van der Waals surface area contributed by atoms with Crippen LogP contribution in [0.15, 0.2) is 61.2 Å². The zero-order valence-electron chi connectivity index (χ0n) is 22.2. The molecule has 1 aliphatic rings. The van der Waals surface area contributed by atoms with E-state index >= 15 is 0 Å². The van der Waals surface area contributed by atoms with Gasteiger partial charge in [-0.2, -0.15) is 5.10 Å². The van der Waals surface area contributed by atoms with Gasteiger partial charge in [-0.3, -0.25) is 15.1 Å². The summed E-state index contributed by atoms with van der Waals surface area (Å²) in [6.07, 6.45) is 12.7. The van der Waals surface area contributed by atoms with E-state index in [2.05, 4.69) is 47.6 Å². The molecule has 9 heteroatoms. The Hall–Kier alpha value is -4.50. The third-order valence-corrected chi connectivity index (χ3v) is 7.72. The van der Waals surface area contributed by atoms with Crippen LogP contribution in [0.25, 0.3) is 56.0 Å². The molecule has 0 unspecified atom stereocenters. The second-order valence-corrected chi connectivity index (χ2v) is 10.7. The molecule has 0 aliphatic heterocycles. The molecule has 0 atom stereocenters. The van der Waals surface area contributed by atoms with Crippen molar-refractivity contribution in [2.45, 2.75) is 39.2 Å². The van der Waals surface area contributed by atoms with E-state index in [0.29, 0.717) is 33.9 Å². The number of aromatic nitrogens is 7. The summed E-state index contributed by atoms with van der Waals surface area (Å²) >= 11 is 0. The first-order valence-electron chi connectivity index (χ1n) is 13.7. The van der Waals surface area contributed by atoms with E-state index in [4.69, 9.17) is 4.98 Å². The van der Waals surface area contributed by atoms with E-state index in [9.17, 15) is 4.39 Å². The fourth-order valence-electron chi connectivity index (χ4n) is 5.75. The first kappa shape index (κ1) is 24.5. The van der Waals surface area contributed by atoms with E-state index in [1.54, 1.807) is 6.20 Å². The lowest BCUT2D eigenvalue weighted by atomic mass is 10.1. The lowest BCUT2D eigenvalue weighted by Crippen LogP contribution is -2.20. The molecule has 0 radical (unpaired) electrons. The Morgan fingerprint density at radius 3 is 2.70 bits per heavy atom. The molecule has 0 amide bonds. The molecule has 1 aliphatic carbocycles. The molecule has 200 valence electrons. The van der Waals surface area contributed by atoms with Crippen molar-refractivity contribution in [1.82, 2.24) is 40.4 Å². The maximum Gasteiger partial charge on any atom is 0.159 e. The van der Waals surface area contributed by atoms with Gasteiger partial charge in [0.15, 0.2) is 11.5 Å². The van der Waals surface area contributed by atoms with E-state index in [0.717, 1.165) is 52.2 Å². The molecule has 40 heavy (non-hydrogen) atoms. The number of H-pyrrole nitrogens is 2. The third kappa shape index (κ3) is 4.73. The molecule has 7 rings (SSSR count). The minimum Gasteiger partial charge on any atom is -0.336 e. The third-order valence-electron chi connectivity index (χ3n) is 7.72. The van der Waals surface area contributed by atoms with E-state index in [1.165, 1.54) is 37.8 Å². The van der Waals surface area contributed by atoms with Crippen molar-refractivity contribution in [1.29, 1.82) is 0 Å². The van der Waals surface area contributed by atoms with Gasteiger partial charge in [-0.25, -0.2) is 14.4 Å². The molecule has 5 heterocycles. The Balaban J connectivity index is 1.21. The van der Waals surface area contributed by atoms with Crippen LogP contribution in [-0.2, 0) is 6.54 Å². The van der Waals surface area contributed by atoms with Gasteiger partial charge < -0.3 is 10.3 Å². The highest BCUT2D eigenvalue weighted by Crippen LogP contribution is 2.32. The predicted octanol–water partition coefficient (Wildman–Crippen LogP) is 6.35. The van der Waals surface area contributed by atoms with Crippen LogP contribution in [0.3, 0.4) is 0 Å². The van der Waals surface area contributed by atoms with Crippen LogP contribution in [-0.4, -0.2) is 41.7 Å². The number of fused-ring (bicyclic) bond motifs is 2. The highest BCUT2D eigenvalue weighted by molar-refractivity contribution is 5.96. The maximum atomic E-state index is 14.2. The fraction of sp³-hybridized carbons (Fsp3) is 0.258. The minimum atomic E-state index is -0.301. The molecule has 1 saturated carbocycles. The molecule has 8 nitrogen and oxygen atoms in total. The van der Waals surface area contributed by atoms with Gasteiger partial charge in [0.1, 0.15) is 17.0 Å². The topological polar surface area (TPSA) is 108 Å². The van der Waals surface area contributed by atoms with Crippen LogP contribution in [0.5, 0.6) is 0 Å². The molecular weight excluding hydrogens is 503 g/mol. The van der Waals surface area contributed by atoms with Crippen LogP contribution >= 0.6 is 0 Å².